The van der Waals surface area contributed by atoms with Gasteiger partial charge in [0.2, 0.25) is 5.65 Å². The van der Waals surface area contributed by atoms with Crippen molar-refractivity contribution < 1.29 is 0 Å². The number of hydrogen-bond donors (Lipinski definition) is 0. The molecule has 1 fully saturated rings. The second-order valence-corrected chi connectivity index (χ2v) is 5.26. The minimum Gasteiger partial charge on any atom is -0.353 e. The minimum atomic E-state index is 0.848. The maximum Gasteiger partial charge on any atom is 0.204 e. The molecular weight excluding hydrogens is 246 g/mol. The Bertz CT molecular complexity index is 684. The molecule has 1 aliphatic rings. The lowest BCUT2D eigenvalue weighted by molar-refractivity contribution is 0.610. The van der Waals surface area contributed by atoms with Gasteiger partial charge in [-0.15, -0.1) is 21.5 Å². The lowest BCUT2D eigenvalue weighted by atomic mass is 10.2. The topological polar surface area (TPSA) is 46.3 Å². The van der Waals surface area contributed by atoms with Crippen molar-refractivity contribution in [2.45, 2.75) is 6.42 Å². The fraction of sp³-hybridized carbons (Fsp3) is 0.250. The first-order valence-electron chi connectivity index (χ1n) is 5.91. The van der Waals surface area contributed by atoms with Gasteiger partial charge < -0.3 is 4.90 Å². The van der Waals surface area contributed by atoms with Crippen LogP contribution in [-0.4, -0.2) is 32.7 Å². The molecule has 4 rings (SSSR count). The van der Waals surface area contributed by atoms with E-state index in [9.17, 15) is 0 Å². The van der Waals surface area contributed by atoms with E-state index < -0.39 is 0 Å². The second kappa shape index (κ2) is 3.78. The SMILES string of the molecule is c1csc(-c2cnc(N3CCC3)c3nncn23)c1. The van der Waals surface area contributed by atoms with Crippen molar-refractivity contribution in [3.63, 3.8) is 0 Å². The zero-order chi connectivity index (χ0) is 11.9. The molecule has 3 aromatic heterocycles. The quantitative estimate of drug-likeness (QED) is 0.705. The highest BCUT2D eigenvalue weighted by atomic mass is 32.1. The van der Waals surface area contributed by atoms with Crippen LogP contribution in [0.2, 0.25) is 0 Å². The Hall–Kier alpha value is -1.95. The fourth-order valence-corrected chi connectivity index (χ4v) is 2.90. The molecule has 0 amide bonds. The first kappa shape index (κ1) is 10.0. The summed E-state index contributed by atoms with van der Waals surface area (Å²) in [6.07, 6.45) is 4.90. The lowest BCUT2D eigenvalue weighted by Crippen LogP contribution is -2.38. The molecule has 4 heterocycles. The summed E-state index contributed by atoms with van der Waals surface area (Å²) in [5.74, 6) is 0.944. The van der Waals surface area contributed by atoms with E-state index in [2.05, 4.69) is 31.5 Å². The van der Waals surface area contributed by atoms with Crippen LogP contribution < -0.4 is 4.90 Å². The van der Waals surface area contributed by atoms with Gasteiger partial charge in [-0.3, -0.25) is 4.40 Å². The first-order chi connectivity index (χ1) is 8.93. The van der Waals surface area contributed by atoms with Crippen LogP contribution in [0.5, 0.6) is 0 Å². The molecule has 6 heteroatoms. The maximum absolute atomic E-state index is 4.57. The van der Waals surface area contributed by atoms with Crippen LogP contribution in [0.25, 0.3) is 16.2 Å². The van der Waals surface area contributed by atoms with E-state index in [0.717, 1.165) is 30.2 Å². The molecule has 0 bridgehead atoms. The Labute approximate surface area is 108 Å². The molecule has 0 radical (unpaired) electrons. The monoisotopic (exact) mass is 257 g/mol. The van der Waals surface area contributed by atoms with Crippen molar-refractivity contribution in [3.05, 3.63) is 30.0 Å². The van der Waals surface area contributed by atoms with E-state index >= 15 is 0 Å². The molecule has 0 spiro atoms. The summed E-state index contributed by atoms with van der Waals surface area (Å²) in [5.41, 5.74) is 1.90. The van der Waals surface area contributed by atoms with Crippen molar-refractivity contribution >= 4 is 22.8 Å². The molecule has 0 aromatic carbocycles. The van der Waals surface area contributed by atoms with Crippen LogP contribution in [0.3, 0.4) is 0 Å². The molecule has 1 saturated heterocycles. The van der Waals surface area contributed by atoms with Gasteiger partial charge in [-0.05, 0) is 17.9 Å². The lowest BCUT2D eigenvalue weighted by Gasteiger charge is -2.31. The number of nitrogens with zero attached hydrogens (tertiary/aromatic N) is 5. The molecule has 0 unspecified atom stereocenters. The van der Waals surface area contributed by atoms with Gasteiger partial charge in [-0.2, -0.15) is 0 Å². The largest absolute Gasteiger partial charge is 0.353 e. The molecule has 18 heavy (non-hydrogen) atoms. The average Bonchev–Trinajstić information content (AvgIpc) is 2.98. The van der Waals surface area contributed by atoms with Crippen molar-refractivity contribution in [2.24, 2.45) is 0 Å². The van der Waals surface area contributed by atoms with Crippen LogP contribution in [0.15, 0.2) is 30.0 Å². The van der Waals surface area contributed by atoms with E-state index in [1.54, 1.807) is 17.7 Å². The van der Waals surface area contributed by atoms with Gasteiger partial charge in [0.05, 0.1) is 16.8 Å². The van der Waals surface area contributed by atoms with Crippen LogP contribution in [0, 0.1) is 0 Å². The first-order valence-corrected chi connectivity index (χ1v) is 6.79. The molecule has 1 aliphatic heterocycles. The van der Waals surface area contributed by atoms with E-state index in [1.807, 2.05) is 16.7 Å². The van der Waals surface area contributed by atoms with Gasteiger partial charge in [-0.1, -0.05) is 6.07 Å². The Morgan fingerprint density at radius 1 is 1.28 bits per heavy atom. The fourth-order valence-electron chi connectivity index (χ4n) is 2.16. The van der Waals surface area contributed by atoms with E-state index in [0.29, 0.717) is 0 Å². The molecule has 0 saturated carbocycles. The Kier molecular flexibility index (Phi) is 2.10. The Balaban J connectivity index is 1.94. The zero-order valence-corrected chi connectivity index (χ0v) is 10.5. The third-order valence-corrected chi connectivity index (χ3v) is 4.14. The van der Waals surface area contributed by atoms with Crippen LogP contribution in [-0.2, 0) is 0 Å². The third-order valence-electron chi connectivity index (χ3n) is 3.25. The van der Waals surface area contributed by atoms with E-state index in [4.69, 9.17) is 0 Å². The van der Waals surface area contributed by atoms with E-state index in [-0.39, 0.29) is 0 Å². The summed E-state index contributed by atoms with van der Waals surface area (Å²) >= 11 is 1.70. The summed E-state index contributed by atoms with van der Waals surface area (Å²) in [6, 6.07) is 4.13. The molecular formula is C12H11N5S. The van der Waals surface area contributed by atoms with Gasteiger partial charge in [0.25, 0.3) is 0 Å². The second-order valence-electron chi connectivity index (χ2n) is 4.31. The molecule has 90 valence electrons. The van der Waals surface area contributed by atoms with Gasteiger partial charge in [0, 0.05) is 13.1 Å². The highest BCUT2D eigenvalue weighted by Gasteiger charge is 2.21. The summed E-state index contributed by atoms with van der Waals surface area (Å²) in [7, 11) is 0. The summed E-state index contributed by atoms with van der Waals surface area (Å²) in [5, 5.41) is 10.3. The van der Waals surface area contributed by atoms with Crippen LogP contribution in [0.4, 0.5) is 5.82 Å². The molecule has 0 N–H and O–H groups in total. The van der Waals surface area contributed by atoms with Crippen molar-refractivity contribution in [1.82, 2.24) is 19.6 Å². The highest BCUT2D eigenvalue weighted by Crippen LogP contribution is 2.29. The number of hydrogen-bond acceptors (Lipinski definition) is 5. The standard InChI is InChI=1S/C12H11N5S/c1-3-10(18-6-1)9-7-13-11(16-4-2-5-16)12-15-14-8-17(9)12/h1,3,6-8H,2,4-5H2. The highest BCUT2D eigenvalue weighted by molar-refractivity contribution is 7.13. The Morgan fingerprint density at radius 3 is 2.94 bits per heavy atom. The zero-order valence-electron chi connectivity index (χ0n) is 9.65. The third kappa shape index (κ3) is 1.35. The summed E-state index contributed by atoms with van der Waals surface area (Å²) in [6.45, 7) is 2.13. The van der Waals surface area contributed by atoms with Gasteiger partial charge in [-0.25, -0.2) is 4.98 Å². The normalized spacial score (nSPS) is 15.0. The number of rotatable bonds is 2. The van der Waals surface area contributed by atoms with Crippen LogP contribution in [0.1, 0.15) is 6.42 Å². The maximum atomic E-state index is 4.57. The molecule has 0 aliphatic carbocycles. The minimum absolute atomic E-state index is 0.848. The van der Waals surface area contributed by atoms with Gasteiger partial charge in [0.15, 0.2) is 5.82 Å². The smallest absolute Gasteiger partial charge is 0.204 e. The number of aromatic nitrogens is 4. The molecule has 3 aromatic rings. The number of fused-ring (bicyclic) bond motifs is 1. The molecule has 0 atom stereocenters. The Morgan fingerprint density at radius 2 is 2.22 bits per heavy atom. The summed E-state index contributed by atoms with van der Waals surface area (Å²) in [4.78, 5) is 7.99. The van der Waals surface area contributed by atoms with Gasteiger partial charge in [0.1, 0.15) is 6.33 Å². The van der Waals surface area contributed by atoms with Crippen LogP contribution >= 0.6 is 11.3 Å². The van der Waals surface area contributed by atoms with Crippen molar-refractivity contribution in [2.75, 3.05) is 18.0 Å². The number of thiophene rings is 1. The average molecular weight is 257 g/mol. The van der Waals surface area contributed by atoms with Gasteiger partial charge >= 0.3 is 0 Å². The summed E-state index contributed by atoms with van der Waals surface area (Å²) < 4.78 is 2.02. The predicted octanol–water partition coefficient (Wildman–Crippen LogP) is 2.06. The van der Waals surface area contributed by atoms with Crippen molar-refractivity contribution in [1.29, 1.82) is 0 Å². The number of anilines is 1. The van der Waals surface area contributed by atoms with E-state index in [1.165, 1.54) is 11.3 Å². The van der Waals surface area contributed by atoms with Crippen molar-refractivity contribution in [3.8, 4) is 10.6 Å². The predicted molar refractivity (Wildman–Crippen MR) is 70.9 cm³/mol. The molecule has 5 nitrogen and oxygen atoms in total.